The van der Waals surface area contributed by atoms with Gasteiger partial charge < -0.3 is 28.4 Å². The zero-order valence-electron chi connectivity index (χ0n) is 26.9. The van der Waals surface area contributed by atoms with Crippen LogP contribution in [0.15, 0.2) is 0 Å². The molecule has 0 saturated carbocycles. The third kappa shape index (κ3) is 21.8. The predicted octanol–water partition coefficient (Wildman–Crippen LogP) is 2.15. The molecule has 12 nitrogen and oxygen atoms in total. The maximum absolute atomic E-state index is 8.71. The molecule has 0 heterocycles. The quantitative estimate of drug-likeness (QED) is 0.113. The Balaban J connectivity index is 4.88. The van der Waals surface area contributed by atoms with Gasteiger partial charge in [-0.2, -0.15) is 15.8 Å². The minimum atomic E-state index is -0.371. The molecule has 0 saturated heterocycles. The van der Waals surface area contributed by atoms with Gasteiger partial charge in [0, 0.05) is 23.5 Å². The van der Waals surface area contributed by atoms with Gasteiger partial charge >= 0.3 is 0 Å². The molecule has 0 aliphatic heterocycles. The Labute approximate surface area is 254 Å². The summed E-state index contributed by atoms with van der Waals surface area (Å²) in [7, 11) is 0. The molecule has 242 valence electrons. The van der Waals surface area contributed by atoms with Crippen molar-refractivity contribution in [1.82, 2.24) is 16.0 Å². The van der Waals surface area contributed by atoms with Crippen LogP contribution in [0, 0.1) is 39.4 Å². The Hall–Kier alpha value is -1.89. The summed E-state index contributed by atoms with van der Waals surface area (Å²) in [5.41, 5.74) is -0.371. The number of ether oxygens (including phenoxy) is 6. The molecule has 0 spiro atoms. The highest BCUT2D eigenvalue weighted by Crippen LogP contribution is 2.25. The van der Waals surface area contributed by atoms with Gasteiger partial charge in [0.25, 0.3) is 0 Å². The van der Waals surface area contributed by atoms with Gasteiger partial charge in [-0.1, -0.05) is 6.92 Å². The van der Waals surface area contributed by atoms with Crippen LogP contribution in [0.4, 0.5) is 0 Å². The second-order valence-corrected chi connectivity index (χ2v) is 11.2. The summed E-state index contributed by atoms with van der Waals surface area (Å²) in [4.78, 5) is 0. The van der Waals surface area contributed by atoms with Crippen LogP contribution in [-0.4, -0.2) is 116 Å². The molecule has 0 aliphatic rings. The summed E-state index contributed by atoms with van der Waals surface area (Å²) < 4.78 is 36.0. The zero-order chi connectivity index (χ0) is 31.6. The topological polar surface area (TPSA) is 163 Å². The number of nitriles is 3. The van der Waals surface area contributed by atoms with E-state index in [1.807, 2.05) is 41.5 Å². The fraction of sp³-hybridized carbons (Fsp3) is 0.900. The molecule has 0 radical (unpaired) electrons. The van der Waals surface area contributed by atoms with E-state index in [4.69, 9.17) is 44.2 Å². The molecule has 0 aromatic heterocycles. The van der Waals surface area contributed by atoms with Gasteiger partial charge in [0.15, 0.2) is 0 Å². The van der Waals surface area contributed by atoms with Crippen LogP contribution >= 0.6 is 0 Å². The lowest BCUT2D eigenvalue weighted by molar-refractivity contribution is -0.111. The van der Waals surface area contributed by atoms with E-state index in [0.29, 0.717) is 59.5 Å². The van der Waals surface area contributed by atoms with Gasteiger partial charge in [-0.05, 0) is 48.0 Å². The molecule has 0 aliphatic carbocycles. The minimum absolute atomic E-state index is 0.0762. The third-order valence-corrected chi connectivity index (χ3v) is 6.51. The second kappa shape index (κ2) is 25.6. The molecule has 42 heavy (non-hydrogen) atoms. The molecule has 0 fully saturated rings. The lowest BCUT2D eigenvalue weighted by Crippen LogP contribution is -2.40. The van der Waals surface area contributed by atoms with Crippen molar-refractivity contribution in [3.63, 3.8) is 0 Å². The van der Waals surface area contributed by atoms with Crippen LogP contribution in [0.1, 0.15) is 54.9 Å². The fourth-order valence-corrected chi connectivity index (χ4v) is 3.66. The third-order valence-electron chi connectivity index (χ3n) is 6.51. The summed E-state index contributed by atoms with van der Waals surface area (Å²) in [6, 6.07) is 6.44. The molecular weight excluding hydrogens is 540 g/mol. The summed E-state index contributed by atoms with van der Waals surface area (Å²) in [6.45, 7) is 18.8. The van der Waals surface area contributed by atoms with Crippen LogP contribution in [0.3, 0.4) is 0 Å². The highest BCUT2D eigenvalue weighted by Gasteiger charge is 2.31. The highest BCUT2D eigenvalue weighted by molar-refractivity contribution is 4.80. The minimum Gasteiger partial charge on any atom is -0.378 e. The molecular formula is C30H56N6O6. The van der Waals surface area contributed by atoms with Gasteiger partial charge in [-0.25, -0.2) is 0 Å². The van der Waals surface area contributed by atoms with Crippen LogP contribution in [0.2, 0.25) is 0 Å². The molecule has 0 aromatic rings. The molecule has 0 bridgehead atoms. The van der Waals surface area contributed by atoms with Gasteiger partial charge in [0.1, 0.15) is 0 Å². The first kappa shape index (κ1) is 40.1. The molecule has 6 unspecified atom stereocenters. The first-order chi connectivity index (χ1) is 20.1. The van der Waals surface area contributed by atoms with Gasteiger partial charge in [-0.3, -0.25) is 16.0 Å². The van der Waals surface area contributed by atoms with Crippen molar-refractivity contribution in [2.24, 2.45) is 5.41 Å². The van der Waals surface area contributed by atoms with Crippen molar-refractivity contribution in [3.05, 3.63) is 0 Å². The first-order valence-corrected chi connectivity index (χ1v) is 15.0. The Morgan fingerprint density at radius 2 is 0.810 bits per heavy atom. The first-order valence-electron chi connectivity index (χ1n) is 15.0. The largest absolute Gasteiger partial charge is 0.378 e. The normalized spacial score (nSPS) is 17.1. The molecule has 0 rings (SSSR count). The van der Waals surface area contributed by atoms with Gasteiger partial charge in [-0.15, -0.1) is 0 Å². The van der Waals surface area contributed by atoms with E-state index in [0.717, 1.165) is 6.42 Å². The Bertz CT molecular complexity index is 688. The lowest BCUT2D eigenvalue weighted by Gasteiger charge is -2.33. The SMILES string of the molecule is CCC(COCC(C)OCC(C)NCC#N)(COCC(C)OCC(C)NCC#N)COCC(C)OCC(C)NCC#N. The van der Waals surface area contributed by atoms with E-state index in [1.54, 1.807) is 0 Å². The average molecular weight is 597 g/mol. The molecule has 12 heteroatoms. The van der Waals surface area contributed by atoms with Crippen molar-refractivity contribution >= 4 is 0 Å². The molecule has 6 atom stereocenters. The van der Waals surface area contributed by atoms with Gasteiger partial charge in [0.05, 0.1) is 116 Å². The number of rotatable bonds is 28. The summed E-state index contributed by atoms with van der Waals surface area (Å²) >= 11 is 0. The number of nitrogens with zero attached hydrogens (tertiary/aromatic N) is 3. The van der Waals surface area contributed by atoms with Crippen LogP contribution < -0.4 is 16.0 Å². The van der Waals surface area contributed by atoms with E-state index in [2.05, 4.69) is 41.1 Å². The molecule has 0 aromatic carbocycles. The Morgan fingerprint density at radius 3 is 1.05 bits per heavy atom. The molecule has 0 amide bonds. The highest BCUT2D eigenvalue weighted by atomic mass is 16.6. The van der Waals surface area contributed by atoms with Crippen molar-refractivity contribution in [2.45, 2.75) is 91.3 Å². The molecule has 3 N–H and O–H groups in total. The van der Waals surface area contributed by atoms with E-state index in [1.165, 1.54) is 0 Å². The maximum Gasteiger partial charge on any atom is 0.0843 e. The van der Waals surface area contributed by atoms with Crippen LogP contribution in [0.5, 0.6) is 0 Å². The van der Waals surface area contributed by atoms with Gasteiger partial charge in [0.2, 0.25) is 0 Å². The smallest absolute Gasteiger partial charge is 0.0843 e. The van der Waals surface area contributed by atoms with Crippen molar-refractivity contribution in [3.8, 4) is 18.2 Å². The zero-order valence-corrected chi connectivity index (χ0v) is 26.9. The average Bonchev–Trinajstić information content (AvgIpc) is 2.98. The summed E-state index contributed by atoms with van der Waals surface area (Å²) in [5, 5.41) is 35.4. The Kier molecular flexibility index (Phi) is 24.4. The maximum atomic E-state index is 8.71. The van der Waals surface area contributed by atoms with Crippen LogP contribution in [0.25, 0.3) is 0 Å². The Morgan fingerprint density at radius 1 is 0.524 bits per heavy atom. The van der Waals surface area contributed by atoms with E-state index < -0.39 is 0 Å². The number of hydrogen-bond donors (Lipinski definition) is 3. The standard InChI is InChI=1S/C30H56N6O6/c1-8-30(21-37-18-27(5)40-15-24(2)34-12-9-31,22-38-19-28(6)41-16-25(3)35-13-10-32)23-39-20-29(7)42-17-26(4)36-14-11-33/h24-29,34-36H,8,12-23H2,1-7H3. The van der Waals surface area contributed by atoms with E-state index in [9.17, 15) is 0 Å². The van der Waals surface area contributed by atoms with Crippen molar-refractivity contribution in [1.29, 1.82) is 15.8 Å². The van der Waals surface area contributed by atoms with Crippen molar-refractivity contribution < 1.29 is 28.4 Å². The summed E-state index contributed by atoms with van der Waals surface area (Å²) in [6.07, 6.45) is 0.458. The van der Waals surface area contributed by atoms with E-state index >= 15 is 0 Å². The monoisotopic (exact) mass is 596 g/mol. The lowest BCUT2D eigenvalue weighted by atomic mass is 9.88. The predicted molar refractivity (Wildman–Crippen MR) is 161 cm³/mol. The fourth-order valence-electron chi connectivity index (χ4n) is 3.66. The summed E-state index contributed by atoms with van der Waals surface area (Å²) in [5.74, 6) is 0. The number of hydrogen-bond acceptors (Lipinski definition) is 12. The van der Waals surface area contributed by atoms with E-state index in [-0.39, 0.29) is 61.5 Å². The number of nitrogens with one attached hydrogen (secondary N) is 3. The second-order valence-electron chi connectivity index (χ2n) is 11.2. The van der Waals surface area contributed by atoms with Crippen molar-refractivity contribution in [2.75, 3.05) is 79.1 Å². The van der Waals surface area contributed by atoms with Crippen LogP contribution in [-0.2, 0) is 28.4 Å².